The highest BCUT2D eigenvalue weighted by Gasteiger charge is 2.49. The lowest BCUT2D eigenvalue weighted by molar-refractivity contribution is -0.148. The van der Waals surface area contributed by atoms with Crippen LogP contribution in [0.3, 0.4) is 0 Å². The van der Waals surface area contributed by atoms with Crippen LogP contribution in [-0.2, 0) is 26.5 Å². The first-order chi connectivity index (χ1) is 13.3. The van der Waals surface area contributed by atoms with Crippen LogP contribution in [-0.4, -0.2) is 36.5 Å². The van der Waals surface area contributed by atoms with Crippen LogP contribution in [0, 0.1) is 6.92 Å². The van der Waals surface area contributed by atoms with Crippen molar-refractivity contribution in [2.24, 2.45) is 0 Å². The van der Waals surface area contributed by atoms with Crippen LogP contribution < -0.4 is 10.1 Å². The number of hydrogen-bond donors (Lipinski definition) is 1. The Morgan fingerprint density at radius 2 is 1.86 bits per heavy atom. The van der Waals surface area contributed by atoms with Crippen molar-refractivity contribution in [2.75, 3.05) is 13.7 Å². The number of imide groups is 1. The average Bonchev–Trinajstić information content (AvgIpc) is 2.91. The molecule has 1 unspecified atom stereocenters. The van der Waals surface area contributed by atoms with Gasteiger partial charge >= 0.3 is 12.0 Å². The molecule has 1 atom stereocenters. The number of urea groups is 1. The van der Waals surface area contributed by atoms with Crippen LogP contribution in [0.1, 0.15) is 23.6 Å². The largest absolute Gasteiger partial charge is 0.496 e. The smallest absolute Gasteiger partial charge is 0.326 e. The lowest BCUT2D eigenvalue weighted by atomic mass is 9.90. The van der Waals surface area contributed by atoms with Gasteiger partial charge in [-0.15, -0.1) is 0 Å². The molecule has 2 aromatic carbocycles. The Kier molecular flexibility index (Phi) is 5.35. The van der Waals surface area contributed by atoms with Crippen molar-refractivity contribution < 1.29 is 23.9 Å². The molecule has 7 nitrogen and oxygen atoms in total. The number of hydrogen-bond acceptors (Lipinski definition) is 5. The van der Waals surface area contributed by atoms with E-state index in [4.69, 9.17) is 9.47 Å². The molecule has 0 radical (unpaired) electrons. The first-order valence-electron chi connectivity index (χ1n) is 8.84. The van der Waals surface area contributed by atoms with Gasteiger partial charge in [-0.05, 0) is 42.7 Å². The van der Waals surface area contributed by atoms with Gasteiger partial charge in [0.05, 0.1) is 7.11 Å². The molecule has 1 heterocycles. The minimum absolute atomic E-state index is 0.0816. The normalized spacial score (nSPS) is 18.8. The van der Waals surface area contributed by atoms with Gasteiger partial charge in [0, 0.05) is 0 Å². The molecule has 1 aliphatic heterocycles. The van der Waals surface area contributed by atoms with Crippen molar-refractivity contribution in [3.8, 4) is 5.75 Å². The number of aryl methyl sites for hydroxylation is 1. The number of ether oxygens (including phenoxy) is 2. The fourth-order valence-electron chi connectivity index (χ4n) is 3.14. The first kappa shape index (κ1) is 19.4. The third-order valence-electron chi connectivity index (χ3n) is 4.78. The van der Waals surface area contributed by atoms with Crippen LogP contribution >= 0.6 is 0 Å². The number of carbonyl (C=O) groups is 3. The summed E-state index contributed by atoms with van der Waals surface area (Å²) in [7, 11) is 1.56. The van der Waals surface area contributed by atoms with Crippen LogP contribution in [0.5, 0.6) is 5.75 Å². The van der Waals surface area contributed by atoms with Gasteiger partial charge in [-0.1, -0.05) is 36.4 Å². The Morgan fingerprint density at radius 1 is 1.14 bits per heavy atom. The van der Waals surface area contributed by atoms with Gasteiger partial charge in [-0.3, -0.25) is 14.5 Å². The molecule has 1 fully saturated rings. The van der Waals surface area contributed by atoms with Gasteiger partial charge in [-0.25, -0.2) is 4.79 Å². The summed E-state index contributed by atoms with van der Waals surface area (Å²) in [4.78, 5) is 38.3. The standard InChI is InChI=1S/C21H22N2O5/c1-14-11-16(9-10-17(14)27-3)21(2)19(25)23(20(26)22-21)12-18(24)28-13-15-7-5-4-6-8-15/h4-11H,12-13H2,1-3H3,(H,22,26). The van der Waals surface area contributed by atoms with E-state index in [9.17, 15) is 14.4 Å². The lowest BCUT2D eigenvalue weighted by Crippen LogP contribution is -2.41. The maximum absolute atomic E-state index is 12.9. The summed E-state index contributed by atoms with van der Waals surface area (Å²) in [6.07, 6.45) is 0. The summed E-state index contributed by atoms with van der Waals surface area (Å²) < 4.78 is 10.4. The van der Waals surface area contributed by atoms with E-state index in [0.29, 0.717) is 11.3 Å². The number of rotatable bonds is 6. The van der Waals surface area contributed by atoms with E-state index in [0.717, 1.165) is 16.0 Å². The molecule has 3 amide bonds. The highest BCUT2D eigenvalue weighted by molar-refractivity contribution is 6.08. The first-order valence-corrected chi connectivity index (χ1v) is 8.84. The number of methoxy groups -OCH3 is 1. The maximum atomic E-state index is 12.9. The third kappa shape index (κ3) is 3.69. The average molecular weight is 382 g/mol. The van der Waals surface area contributed by atoms with E-state index >= 15 is 0 Å². The van der Waals surface area contributed by atoms with Gasteiger partial charge in [0.1, 0.15) is 24.4 Å². The molecule has 0 aromatic heterocycles. The maximum Gasteiger partial charge on any atom is 0.326 e. The number of carbonyl (C=O) groups excluding carboxylic acids is 3. The second-order valence-electron chi connectivity index (χ2n) is 6.78. The minimum Gasteiger partial charge on any atom is -0.496 e. The van der Waals surface area contributed by atoms with Crippen LogP contribution in [0.4, 0.5) is 4.79 Å². The molecule has 0 bridgehead atoms. The summed E-state index contributed by atoms with van der Waals surface area (Å²) in [6, 6.07) is 13.8. The molecular formula is C21H22N2O5. The second-order valence-corrected chi connectivity index (χ2v) is 6.78. The summed E-state index contributed by atoms with van der Waals surface area (Å²) in [6.45, 7) is 3.11. The lowest BCUT2D eigenvalue weighted by Gasteiger charge is -2.23. The quantitative estimate of drug-likeness (QED) is 0.613. The molecule has 0 saturated carbocycles. The van der Waals surface area contributed by atoms with E-state index in [-0.39, 0.29) is 6.61 Å². The molecule has 1 saturated heterocycles. The Labute approximate surface area is 163 Å². The summed E-state index contributed by atoms with van der Waals surface area (Å²) in [5.41, 5.74) is 1.02. The van der Waals surface area contributed by atoms with Crippen molar-refractivity contribution in [1.29, 1.82) is 0 Å². The number of nitrogens with zero attached hydrogens (tertiary/aromatic N) is 1. The fraction of sp³-hybridized carbons (Fsp3) is 0.286. The SMILES string of the molecule is COc1ccc(C2(C)NC(=O)N(CC(=O)OCc3ccccc3)C2=O)cc1C. The number of nitrogens with one attached hydrogen (secondary N) is 1. The predicted octanol–water partition coefficient (Wildman–Crippen LogP) is 2.51. The van der Waals surface area contributed by atoms with Crippen LogP contribution in [0.25, 0.3) is 0 Å². The predicted molar refractivity (Wildman–Crippen MR) is 102 cm³/mol. The number of esters is 1. The Balaban J connectivity index is 1.70. The summed E-state index contributed by atoms with van der Waals surface area (Å²) in [5.74, 6) is -0.466. The zero-order valence-electron chi connectivity index (χ0n) is 16.0. The highest BCUT2D eigenvalue weighted by Crippen LogP contribution is 2.31. The van der Waals surface area contributed by atoms with Crippen LogP contribution in [0.2, 0.25) is 0 Å². The monoisotopic (exact) mass is 382 g/mol. The van der Waals surface area contributed by atoms with Crippen molar-refractivity contribution in [3.63, 3.8) is 0 Å². The molecule has 2 aromatic rings. The molecule has 3 rings (SSSR count). The van der Waals surface area contributed by atoms with E-state index < -0.39 is 30.0 Å². The number of amides is 3. The number of benzene rings is 2. The van der Waals surface area contributed by atoms with E-state index in [1.165, 1.54) is 0 Å². The third-order valence-corrected chi connectivity index (χ3v) is 4.78. The van der Waals surface area contributed by atoms with E-state index in [1.807, 2.05) is 37.3 Å². The van der Waals surface area contributed by atoms with Crippen molar-refractivity contribution in [2.45, 2.75) is 26.0 Å². The molecule has 7 heteroatoms. The van der Waals surface area contributed by atoms with Gasteiger partial charge in [-0.2, -0.15) is 0 Å². The summed E-state index contributed by atoms with van der Waals surface area (Å²) in [5, 5.41) is 2.68. The fourth-order valence-corrected chi connectivity index (χ4v) is 3.14. The zero-order valence-corrected chi connectivity index (χ0v) is 16.0. The van der Waals surface area contributed by atoms with Crippen molar-refractivity contribution in [3.05, 3.63) is 65.2 Å². The molecular weight excluding hydrogens is 360 g/mol. The van der Waals surface area contributed by atoms with Crippen molar-refractivity contribution >= 4 is 17.9 Å². The Bertz CT molecular complexity index is 912. The Morgan fingerprint density at radius 3 is 2.50 bits per heavy atom. The molecule has 146 valence electrons. The minimum atomic E-state index is -1.26. The molecule has 0 aliphatic carbocycles. The van der Waals surface area contributed by atoms with E-state index in [1.54, 1.807) is 32.2 Å². The second kappa shape index (κ2) is 7.72. The Hall–Kier alpha value is -3.35. The molecule has 1 aliphatic rings. The van der Waals surface area contributed by atoms with Crippen molar-refractivity contribution in [1.82, 2.24) is 10.2 Å². The molecule has 0 spiro atoms. The van der Waals surface area contributed by atoms with Gasteiger partial charge in [0.2, 0.25) is 0 Å². The van der Waals surface area contributed by atoms with Gasteiger partial charge in [0.15, 0.2) is 0 Å². The van der Waals surface area contributed by atoms with E-state index in [2.05, 4.69) is 5.32 Å². The van der Waals surface area contributed by atoms with Gasteiger partial charge < -0.3 is 14.8 Å². The molecule has 28 heavy (non-hydrogen) atoms. The van der Waals surface area contributed by atoms with Gasteiger partial charge in [0.25, 0.3) is 5.91 Å². The van der Waals surface area contributed by atoms with Crippen LogP contribution in [0.15, 0.2) is 48.5 Å². The summed E-state index contributed by atoms with van der Waals surface area (Å²) >= 11 is 0. The zero-order chi connectivity index (χ0) is 20.3. The topological polar surface area (TPSA) is 84.9 Å². The highest BCUT2D eigenvalue weighted by atomic mass is 16.5. The molecule has 1 N–H and O–H groups in total.